The Balaban J connectivity index is 1.93. The first kappa shape index (κ1) is 15.4. The normalized spacial score (nSPS) is 18.6. The van der Waals surface area contributed by atoms with Crippen LogP contribution in [0.3, 0.4) is 0 Å². The second-order valence-corrected chi connectivity index (χ2v) is 6.23. The van der Waals surface area contributed by atoms with Crippen molar-refractivity contribution in [3.63, 3.8) is 0 Å². The molecule has 1 unspecified atom stereocenters. The number of rotatable bonds is 5. The number of methoxy groups -OCH3 is 1. The van der Waals surface area contributed by atoms with E-state index in [0.717, 1.165) is 18.2 Å². The van der Waals surface area contributed by atoms with Crippen LogP contribution in [-0.4, -0.2) is 13.7 Å². The van der Waals surface area contributed by atoms with Gasteiger partial charge in [-0.15, -0.1) is 0 Å². The number of aryl methyl sites for hydroxylation is 1. The molecule has 0 spiro atoms. The summed E-state index contributed by atoms with van der Waals surface area (Å²) in [5.74, 6) is 1.85. The second-order valence-electron chi connectivity index (χ2n) is 6.23. The van der Waals surface area contributed by atoms with Gasteiger partial charge in [0.25, 0.3) is 0 Å². The summed E-state index contributed by atoms with van der Waals surface area (Å²) in [7, 11) is 1.76. The smallest absolute Gasteiger partial charge is 0.123 e. The van der Waals surface area contributed by atoms with E-state index in [2.05, 4.69) is 37.4 Å². The van der Waals surface area contributed by atoms with Crippen molar-refractivity contribution >= 4 is 0 Å². The Bertz CT molecular complexity index is 408. The minimum atomic E-state index is 0.355. The molecular formula is C18H29NO. The Hall–Kier alpha value is -1.02. The lowest BCUT2D eigenvalue weighted by molar-refractivity contribution is 0.382. The summed E-state index contributed by atoms with van der Waals surface area (Å²) in [5.41, 5.74) is 2.57. The Morgan fingerprint density at radius 1 is 1.20 bits per heavy atom. The molecule has 1 aliphatic rings. The molecule has 1 saturated carbocycles. The van der Waals surface area contributed by atoms with Gasteiger partial charge in [0.15, 0.2) is 0 Å². The van der Waals surface area contributed by atoms with E-state index < -0.39 is 0 Å². The highest BCUT2D eigenvalue weighted by atomic mass is 16.5. The molecule has 112 valence electrons. The average Bonchev–Trinajstić information content (AvgIpc) is 2.73. The summed E-state index contributed by atoms with van der Waals surface area (Å²) in [4.78, 5) is 0. The number of hydrogen-bond donors (Lipinski definition) is 1. The standard InChI is InChI=1S/C18H29NO/c1-14-10-11-18(20-3)17(12-14)15(2)19-13-16-8-6-4-5-7-9-16/h10-12,15-16,19H,4-9,13H2,1-3H3. The third kappa shape index (κ3) is 4.24. The van der Waals surface area contributed by atoms with Crippen molar-refractivity contribution in [1.82, 2.24) is 5.32 Å². The van der Waals surface area contributed by atoms with Gasteiger partial charge in [-0.2, -0.15) is 0 Å². The Kier molecular flexibility index (Phi) is 5.90. The maximum atomic E-state index is 5.49. The summed E-state index contributed by atoms with van der Waals surface area (Å²) in [6.07, 6.45) is 8.47. The zero-order valence-corrected chi connectivity index (χ0v) is 13.2. The highest BCUT2D eigenvalue weighted by Crippen LogP contribution is 2.27. The molecular weight excluding hydrogens is 246 g/mol. The van der Waals surface area contributed by atoms with E-state index in [1.54, 1.807) is 7.11 Å². The van der Waals surface area contributed by atoms with Gasteiger partial charge in [-0.1, -0.05) is 43.4 Å². The lowest BCUT2D eigenvalue weighted by atomic mass is 9.99. The molecule has 0 radical (unpaired) electrons. The molecule has 0 heterocycles. The van der Waals surface area contributed by atoms with Crippen LogP contribution in [0.2, 0.25) is 0 Å². The topological polar surface area (TPSA) is 21.3 Å². The van der Waals surface area contributed by atoms with E-state index in [9.17, 15) is 0 Å². The van der Waals surface area contributed by atoms with E-state index >= 15 is 0 Å². The fourth-order valence-corrected chi connectivity index (χ4v) is 3.21. The summed E-state index contributed by atoms with van der Waals surface area (Å²) in [6.45, 7) is 5.52. The minimum absolute atomic E-state index is 0.355. The van der Waals surface area contributed by atoms with Crippen molar-refractivity contribution in [3.05, 3.63) is 29.3 Å². The van der Waals surface area contributed by atoms with Gasteiger partial charge < -0.3 is 10.1 Å². The first-order valence-corrected chi connectivity index (χ1v) is 8.08. The molecule has 1 aromatic carbocycles. The largest absolute Gasteiger partial charge is 0.496 e. The molecule has 0 aliphatic heterocycles. The zero-order valence-electron chi connectivity index (χ0n) is 13.2. The number of ether oxygens (including phenoxy) is 1. The van der Waals surface area contributed by atoms with Crippen LogP contribution >= 0.6 is 0 Å². The molecule has 2 nitrogen and oxygen atoms in total. The van der Waals surface area contributed by atoms with Crippen molar-refractivity contribution in [2.75, 3.05) is 13.7 Å². The van der Waals surface area contributed by atoms with Crippen LogP contribution in [0.15, 0.2) is 18.2 Å². The van der Waals surface area contributed by atoms with E-state index in [1.165, 1.54) is 49.7 Å². The van der Waals surface area contributed by atoms with Crippen LogP contribution in [0.1, 0.15) is 62.6 Å². The molecule has 0 saturated heterocycles. The van der Waals surface area contributed by atoms with Gasteiger partial charge in [-0.3, -0.25) is 0 Å². The van der Waals surface area contributed by atoms with Gasteiger partial charge in [0.1, 0.15) is 5.75 Å². The molecule has 1 N–H and O–H groups in total. The number of hydrogen-bond acceptors (Lipinski definition) is 2. The van der Waals surface area contributed by atoms with Crippen molar-refractivity contribution in [2.24, 2.45) is 5.92 Å². The van der Waals surface area contributed by atoms with E-state index in [1.807, 2.05) is 0 Å². The molecule has 0 aromatic heterocycles. The Morgan fingerprint density at radius 2 is 1.90 bits per heavy atom. The van der Waals surface area contributed by atoms with Crippen molar-refractivity contribution in [2.45, 2.75) is 58.4 Å². The lowest BCUT2D eigenvalue weighted by Crippen LogP contribution is -2.26. The third-order valence-corrected chi connectivity index (χ3v) is 4.54. The quantitative estimate of drug-likeness (QED) is 0.791. The zero-order chi connectivity index (χ0) is 14.4. The molecule has 1 atom stereocenters. The van der Waals surface area contributed by atoms with Gasteiger partial charge in [0.05, 0.1) is 7.11 Å². The maximum absolute atomic E-state index is 5.49. The fourth-order valence-electron chi connectivity index (χ4n) is 3.21. The highest BCUT2D eigenvalue weighted by molar-refractivity contribution is 5.38. The van der Waals surface area contributed by atoms with Crippen LogP contribution in [-0.2, 0) is 0 Å². The number of nitrogens with one attached hydrogen (secondary N) is 1. The van der Waals surface area contributed by atoms with Crippen LogP contribution in [0, 0.1) is 12.8 Å². The van der Waals surface area contributed by atoms with Crippen molar-refractivity contribution < 1.29 is 4.74 Å². The molecule has 1 fully saturated rings. The van der Waals surface area contributed by atoms with Gasteiger partial charge in [-0.25, -0.2) is 0 Å². The third-order valence-electron chi connectivity index (χ3n) is 4.54. The summed E-state index contributed by atoms with van der Waals surface area (Å²) >= 11 is 0. The Morgan fingerprint density at radius 3 is 2.55 bits per heavy atom. The van der Waals surface area contributed by atoms with Crippen LogP contribution in [0.5, 0.6) is 5.75 Å². The molecule has 0 bridgehead atoms. The van der Waals surface area contributed by atoms with Gasteiger partial charge in [-0.05, 0) is 45.2 Å². The minimum Gasteiger partial charge on any atom is -0.496 e. The molecule has 2 rings (SSSR count). The Labute approximate surface area is 123 Å². The SMILES string of the molecule is COc1ccc(C)cc1C(C)NCC1CCCCCC1. The highest BCUT2D eigenvalue weighted by Gasteiger charge is 2.15. The van der Waals surface area contributed by atoms with E-state index in [4.69, 9.17) is 4.74 Å². The van der Waals surface area contributed by atoms with Crippen molar-refractivity contribution in [1.29, 1.82) is 0 Å². The molecule has 0 amide bonds. The van der Waals surface area contributed by atoms with Crippen molar-refractivity contribution in [3.8, 4) is 5.75 Å². The fraction of sp³-hybridized carbons (Fsp3) is 0.667. The summed E-state index contributed by atoms with van der Waals surface area (Å²) in [5, 5.41) is 3.72. The van der Waals surface area contributed by atoms with Crippen LogP contribution in [0.4, 0.5) is 0 Å². The van der Waals surface area contributed by atoms with Gasteiger partial charge in [0, 0.05) is 11.6 Å². The predicted octanol–water partition coefficient (Wildman–Crippen LogP) is 4.62. The average molecular weight is 275 g/mol. The summed E-state index contributed by atoms with van der Waals surface area (Å²) < 4.78 is 5.49. The first-order valence-electron chi connectivity index (χ1n) is 8.08. The second kappa shape index (κ2) is 7.68. The molecule has 2 heteroatoms. The molecule has 1 aliphatic carbocycles. The van der Waals surface area contributed by atoms with E-state index in [0.29, 0.717) is 6.04 Å². The maximum Gasteiger partial charge on any atom is 0.123 e. The molecule has 20 heavy (non-hydrogen) atoms. The monoisotopic (exact) mass is 275 g/mol. The first-order chi connectivity index (χ1) is 9.70. The lowest BCUT2D eigenvalue weighted by Gasteiger charge is -2.21. The van der Waals surface area contributed by atoms with E-state index in [-0.39, 0.29) is 0 Å². The summed E-state index contributed by atoms with van der Waals surface area (Å²) in [6, 6.07) is 6.78. The predicted molar refractivity (Wildman–Crippen MR) is 85.3 cm³/mol. The van der Waals surface area contributed by atoms with Crippen LogP contribution in [0.25, 0.3) is 0 Å². The molecule has 1 aromatic rings. The van der Waals surface area contributed by atoms with Gasteiger partial charge >= 0.3 is 0 Å². The number of benzene rings is 1. The van der Waals surface area contributed by atoms with Gasteiger partial charge in [0.2, 0.25) is 0 Å². The van der Waals surface area contributed by atoms with Crippen LogP contribution < -0.4 is 10.1 Å².